The van der Waals surface area contributed by atoms with E-state index in [1.54, 1.807) is 0 Å². The van der Waals surface area contributed by atoms with Crippen LogP contribution in [0.1, 0.15) is 38.5 Å². The molecule has 0 aromatic carbocycles. The van der Waals surface area contributed by atoms with Crippen molar-refractivity contribution in [3.63, 3.8) is 0 Å². The van der Waals surface area contributed by atoms with Crippen molar-refractivity contribution in [3.05, 3.63) is 0 Å². The minimum atomic E-state index is -4.58. The van der Waals surface area contributed by atoms with Gasteiger partial charge in [-0.1, -0.05) is 19.3 Å². The standard InChI is InChI=1S/C14H20F3NO3/c15-14(16,17)11-8-18(7-10(11)13(20)21)12(19)6-9-4-2-1-3-5-9/h9-11H,1-8H2,(H,20,21)/t10-,11-/m1/s1. The summed E-state index contributed by atoms with van der Waals surface area (Å²) in [7, 11) is 0. The number of alkyl halides is 3. The van der Waals surface area contributed by atoms with Gasteiger partial charge in [-0.15, -0.1) is 0 Å². The maximum absolute atomic E-state index is 12.9. The summed E-state index contributed by atoms with van der Waals surface area (Å²) >= 11 is 0. The number of carbonyl (C=O) groups is 2. The molecule has 0 aromatic rings. The summed E-state index contributed by atoms with van der Waals surface area (Å²) in [4.78, 5) is 24.2. The highest BCUT2D eigenvalue weighted by atomic mass is 19.4. The van der Waals surface area contributed by atoms with E-state index in [1.165, 1.54) is 0 Å². The normalized spacial score (nSPS) is 27.9. The summed E-state index contributed by atoms with van der Waals surface area (Å²) in [5.74, 6) is -5.07. The Balaban J connectivity index is 1.97. The molecule has 21 heavy (non-hydrogen) atoms. The van der Waals surface area contributed by atoms with Crippen LogP contribution in [0, 0.1) is 17.8 Å². The molecule has 0 bridgehead atoms. The molecule has 1 aliphatic carbocycles. The number of carboxylic acids is 1. The number of aliphatic carboxylic acids is 1. The van der Waals surface area contributed by atoms with Gasteiger partial charge in [-0.05, 0) is 18.8 Å². The van der Waals surface area contributed by atoms with Gasteiger partial charge in [-0.25, -0.2) is 0 Å². The fourth-order valence-corrected chi connectivity index (χ4v) is 3.36. The van der Waals surface area contributed by atoms with E-state index < -0.39 is 30.5 Å². The van der Waals surface area contributed by atoms with Crippen LogP contribution in [0.4, 0.5) is 13.2 Å². The number of rotatable bonds is 3. The van der Waals surface area contributed by atoms with Crippen molar-refractivity contribution in [2.45, 2.75) is 44.7 Å². The molecule has 1 amide bonds. The molecule has 1 heterocycles. The lowest BCUT2D eigenvalue weighted by Crippen LogP contribution is -2.34. The molecule has 2 aliphatic rings. The summed E-state index contributed by atoms with van der Waals surface area (Å²) in [6.45, 7) is -0.850. The third kappa shape index (κ3) is 3.89. The first-order valence-corrected chi connectivity index (χ1v) is 7.36. The van der Waals surface area contributed by atoms with Crippen LogP contribution in [0.25, 0.3) is 0 Å². The van der Waals surface area contributed by atoms with Crippen LogP contribution in [-0.2, 0) is 9.59 Å². The van der Waals surface area contributed by atoms with Crippen molar-refractivity contribution in [1.82, 2.24) is 4.90 Å². The molecule has 1 saturated carbocycles. The van der Waals surface area contributed by atoms with Crippen LogP contribution in [0.15, 0.2) is 0 Å². The lowest BCUT2D eigenvalue weighted by molar-refractivity contribution is -0.188. The minimum Gasteiger partial charge on any atom is -0.481 e. The Bertz CT molecular complexity index is 405. The highest BCUT2D eigenvalue weighted by Gasteiger charge is 2.53. The Kier molecular flexibility index (Phi) is 4.78. The Morgan fingerprint density at radius 3 is 2.19 bits per heavy atom. The number of hydrogen-bond acceptors (Lipinski definition) is 2. The van der Waals surface area contributed by atoms with E-state index in [0.29, 0.717) is 0 Å². The molecular formula is C14H20F3NO3. The van der Waals surface area contributed by atoms with Crippen LogP contribution >= 0.6 is 0 Å². The second-order valence-electron chi connectivity index (χ2n) is 6.10. The number of halogens is 3. The van der Waals surface area contributed by atoms with Crippen LogP contribution in [0.5, 0.6) is 0 Å². The zero-order chi connectivity index (χ0) is 15.6. The number of carbonyl (C=O) groups excluding carboxylic acids is 1. The SMILES string of the molecule is O=C(O)[C@@H]1CN(C(=O)CC2CCCCC2)C[C@H]1C(F)(F)F. The molecule has 0 unspecified atom stereocenters. The first-order valence-electron chi connectivity index (χ1n) is 7.36. The second kappa shape index (κ2) is 6.23. The Morgan fingerprint density at radius 2 is 1.71 bits per heavy atom. The van der Waals surface area contributed by atoms with E-state index in [2.05, 4.69) is 0 Å². The van der Waals surface area contributed by atoms with E-state index >= 15 is 0 Å². The molecule has 7 heteroatoms. The Labute approximate surface area is 121 Å². The van der Waals surface area contributed by atoms with Crippen molar-refractivity contribution in [2.75, 3.05) is 13.1 Å². The monoisotopic (exact) mass is 307 g/mol. The van der Waals surface area contributed by atoms with E-state index in [0.717, 1.165) is 37.0 Å². The lowest BCUT2D eigenvalue weighted by Gasteiger charge is -2.24. The summed E-state index contributed by atoms with van der Waals surface area (Å²) in [6, 6.07) is 0. The van der Waals surface area contributed by atoms with Gasteiger partial charge < -0.3 is 10.0 Å². The number of amides is 1. The third-order valence-electron chi connectivity index (χ3n) is 4.60. The van der Waals surface area contributed by atoms with Crippen molar-refractivity contribution in [2.24, 2.45) is 17.8 Å². The summed E-state index contributed by atoms with van der Waals surface area (Å²) in [5.41, 5.74) is 0. The molecule has 0 spiro atoms. The van der Waals surface area contributed by atoms with Gasteiger partial charge in [0.05, 0.1) is 11.8 Å². The highest BCUT2D eigenvalue weighted by molar-refractivity contribution is 5.79. The van der Waals surface area contributed by atoms with Crippen LogP contribution in [-0.4, -0.2) is 41.1 Å². The Hall–Kier alpha value is -1.27. The fourth-order valence-electron chi connectivity index (χ4n) is 3.36. The second-order valence-corrected chi connectivity index (χ2v) is 6.10. The van der Waals surface area contributed by atoms with Gasteiger partial charge in [-0.3, -0.25) is 9.59 Å². The highest BCUT2D eigenvalue weighted by Crippen LogP contribution is 2.38. The van der Waals surface area contributed by atoms with Gasteiger partial charge in [-0.2, -0.15) is 13.2 Å². The number of carboxylic acid groups (broad SMARTS) is 1. The van der Waals surface area contributed by atoms with Gasteiger partial charge in [0.25, 0.3) is 0 Å². The molecule has 1 N–H and O–H groups in total. The molecule has 2 rings (SSSR count). The summed E-state index contributed by atoms with van der Waals surface area (Å²) in [6.07, 6.45) is 0.794. The quantitative estimate of drug-likeness (QED) is 0.872. The van der Waals surface area contributed by atoms with Crippen molar-refractivity contribution < 1.29 is 27.9 Å². The maximum atomic E-state index is 12.9. The fraction of sp³-hybridized carbons (Fsp3) is 0.857. The zero-order valence-electron chi connectivity index (χ0n) is 11.7. The van der Waals surface area contributed by atoms with Gasteiger partial charge in [0.15, 0.2) is 0 Å². The topological polar surface area (TPSA) is 57.6 Å². The number of likely N-dealkylation sites (tertiary alicyclic amines) is 1. The molecule has 0 aromatic heterocycles. The third-order valence-corrected chi connectivity index (χ3v) is 4.60. The van der Waals surface area contributed by atoms with Crippen LogP contribution in [0.2, 0.25) is 0 Å². The Morgan fingerprint density at radius 1 is 1.10 bits per heavy atom. The van der Waals surface area contributed by atoms with E-state index in [-0.39, 0.29) is 24.8 Å². The maximum Gasteiger partial charge on any atom is 0.394 e. The van der Waals surface area contributed by atoms with E-state index in [1.807, 2.05) is 0 Å². The van der Waals surface area contributed by atoms with E-state index in [4.69, 9.17) is 5.11 Å². The zero-order valence-corrected chi connectivity index (χ0v) is 11.7. The molecule has 2 atom stereocenters. The average molecular weight is 307 g/mol. The van der Waals surface area contributed by atoms with Crippen LogP contribution in [0.3, 0.4) is 0 Å². The van der Waals surface area contributed by atoms with Gasteiger partial charge in [0.2, 0.25) is 5.91 Å². The predicted octanol–water partition coefficient (Wildman–Crippen LogP) is 2.68. The molecule has 120 valence electrons. The molecular weight excluding hydrogens is 287 g/mol. The minimum absolute atomic E-state index is 0.236. The molecule has 0 radical (unpaired) electrons. The average Bonchev–Trinajstić information content (AvgIpc) is 2.85. The first-order chi connectivity index (χ1) is 9.79. The summed E-state index contributed by atoms with van der Waals surface area (Å²) in [5, 5.41) is 8.93. The van der Waals surface area contributed by atoms with Crippen LogP contribution < -0.4 is 0 Å². The van der Waals surface area contributed by atoms with Gasteiger partial charge in [0, 0.05) is 19.5 Å². The van der Waals surface area contributed by atoms with Crippen molar-refractivity contribution >= 4 is 11.9 Å². The van der Waals surface area contributed by atoms with Gasteiger partial charge in [0.1, 0.15) is 0 Å². The smallest absolute Gasteiger partial charge is 0.394 e. The van der Waals surface area contributed by atoms with E-state index in [9.17, 15) is 22.8 Å². The van der Waals surface area contributed by atoms with Crippen molar-refractivity contribution in [1.29, 1.82) is 0 Å². The molecule has 1 saturated heterocycles. The number of hydrogen-bond donors (Lipinski definition) is 1. The largest absolute Gasteiger partial charge is 0.481 e. The first kappa shape index (κ1) is 16.1. The van der Waals surface area contributed by atoms with Gasteiger partial charge >= 0.3 is 12.1 Å². The molecule has 4 nitrogen and oxygen atoms in total. The number of nitrogens with zero attached hydrogens (tertiary/aromatic N) is 1. The molecule has 1 aliphatic heterocycles. The molecule has 2 fully saturated rings. The predicted molar refractivity (Wildman–Crippen MR) is 68.4 cm³/mol. The van der Waals surface area contributed by atoms with Crippen molar-refractivity contribution in [3.8, 4) is 0 Å². The lowest BCUT2D eigenvalue weighted by atomic mass is 9.87. The summed E-state index contributed by atoms with van der Waals surface area (Å²) < 4.78 is 38.6.